The third-order valence-corrected chi connectivity index (χ3v) is 4.22. The lowest BCUT2D eigenvalue weighted by molar-refractivity contribution is -0.116. The van der Waals surface area contributed by atoms with Gasteiger partial charge in [-0.05, 0) is 30.7 Å². The van der Waals surface area contributed by atoms with Crippen LogP contribution in [0.1, 0.15) is 23.7 Å². The molecule has 2 amide bonds. The molecule has 0 saturated carbocycles. The van der Waals surface area contributed by atoms with Crippen LogP contribution >= 0.6 is 23.2 Å². The second kappa shape index (κ2) is 9.25. The Morgan fingerprint density at radius 2 is 1.71 bits per heavy atom. The summed E-state index contributed by atoms with van der Waals surface area (Å²) in [6, 6.07) is 4.60. The number of halogens is 6. The van der Waals surface area contributed by atoms with Crippen molar-refractivity contribution in [3.63, 3.8) is 0 Å². The molecule has 0 spiro atoms. The Bertz CT molecular complexity index is 925. The van der Waals surface area contributed by atoms with Gasteiger partial charge in [-0.1, -0.05) is 30.1 Å². The first-order valence-corrected chi connectivity index (χ1v) is 8.78. The minimum absolute atomic E-state index is 0.0183. The molecule has 0 fully saturated rings. The van der Waals surface area contributed by atoms with Crippen molar-refractivity contribution in [1.29, 1.82) is 0 Å². The second-order valence-electron chi connectivity index (χ2n) is 5.75. The predicted octanol–water partition coefficient (Wildman–Crippen LogP) is 5.04. The molecule has 0 bridgehead atoms. The number of carbonyl (C=O) groups excluding carboxylic acids is 2. The van der Waals surface area contributed by atoms with E-state index in [4.69, 9.17) is 23.2 Å². The largest absolute Gasteiger partial charge is 0.329 e. The molecule has 0 aliphatic carbocycles. The maximum atomic E-state index is 13.9. The van der Waals surface area contributed by atoms with Gasteiger partial charge in [0.15, 0.2) is 23.3 Å². The number of nitrogens with one attached hydrogen (secondary N) is 1. The van der Waals surface area contributed by atoms with Crippen LogP contribution in [0.4, 0.5) is 23.2 Å². The highest BCUT2D eigenvalue weighted by Crippen LogP contribution is 2.25. The second-order valence-corrected chi connectivity index (χ2v) is 6.59. The number of carbonyl (C=O) groups is 2. The normalized spacial score (nSPS) is 10.7. The summed E-state index contributed by atoms with van der Waals surface area (Å²) in [5.41, 5.74) is -0.827. The SMILES string of the molecule is CCCN(CC(=O)Nc1cc(Cl)ccc1Cl)C(=O)c1cc(F)c(F)c(F)c1F. The van der Waals surface area contributed by atoms with Crippen molar-refractivity contribution in [2.45, 2.75) is 13.3 Å². The number of rotatable bonds is 6. The molecule has 2 rings (SSSR count). The van der Waals surface area contributed by atoms with Crippen LogP contribution in [0.15, 0.2) is 24.3 Å². The minimum Gasteiger partial charge on any atom is -0.329 e. The molecule has 0 aromatic heterocycles. The molecule has 150 valence electrons. The average molecular weight is 437 g/mol. The van der Waals surface area contributed by atoms with E-state index in [1.807, 2.05) is 0 Å². The molecule has 28 heavy (non-hydrogen) atoms. The molecule has 0 aliphatic heterocycles. The third kappa shape index (κ3) is 4.94. The quantitative estimate of drug-likeness (QED) is 0.391. The standard InChI is InChI=1S/C18H14Cl2F4N2O2/c1-2-5-26(8-14(27)25-13-6-9(19)3-4-11(13)20)18(28)10-7-12(21)16(23)17(24)15(10)22/h3-4,6-7H,2,5,8H2,1H3,(H,25,27). The predicted molar refractivity (Wildman–Crippen MR) is 97.6 cm³/mol. The molecule has 0 aliphatic rings. The van der Waals surface area contributed by atoms with Crippen LogP contribution in [0, 0.1) is 23.3 Å². The van der Waals surface area contributed by atoms with Gasteiger partial charge in [0.1, 0.15) is 6.54 Å². The summed E-state index contributed by atoms with van der Waals surface area (Å²) in [6.07, 6.45) is 0.366. The summed E-state index contributed by atoms with van der Waals surface area (Å²) in [5, 5.41) is 2.94. The molecule has 0 heterocycles. The molecule has 1 N–H and O–H groups in total. The van der Waals surface area contributed by atoms with Gasteiger partial charge in [-0.25, -0.2) is 17.6 Å². The average Bonchev–Trinajstić information content (AvgIpc) is 2.65. The van der Waals surface area contributed by atoms with Gasteiger partial charge in [0.05, 0.1) is 16.3 Å². The summed E-state index contributed by atoms with van der Waals surface area (Å²) in [4.78, 5) is 25.6. The minimum atomic E-state index is -2.10. The molecular formula is C18H14Cl2F4N2O2. The molecule has 0 atom stereocenters. The molecule has 4 nitrogen and oxygen atoms in total. The fraction of sp³-hybridized carbons (Fsp3) is 0.222. The number of anilines is 1. The van der Waals surface area contributed by atoms with Crippen LogP contribution < -0.4 is 5.32 Å². The summed E-state index contributed by atoms with van der Waals surface area (Å²) >= 11 is 11.8. The van der Waals surface area contributed by atoms with Crippen LogP contribution in [0.5, 0.6) is 0 Å². The zero-order valence-electron chi connectivity index (χ0n) is 14.5. The highest BCUT2D eigenvalue weighted by atomic mass is 35.5. The fourth-order valence-corrected chi connectivity index (χ4v) is 2.71. The summed E-state index contributed by atoms with van der Waals surface area (Å²) < 4.78 is 53.8. The first kappa shape index (κ1) is 22.0. The maximum Gasteiger partial charge on any atom is 0.257 e. The molecular weight excluding hydrogens is 423 g/mol. The van der Waals surface area contributed by atoms with Crippen LogP contribution in [0.3, 0.4) is 0 Å². The molecule has 2 aromatic carbocycles. The van der Waals surface area contributed by atoms with Gasteiger partial charge in [0, 0.05) is 11.6 Å². The van der Waals surface area contributed by atoms with Crippen LogP contribution in [0.25, 0.3) is 0 Å². The smallest absolute Gasteiger partial charge is 0.257 e. The van der Waals surface area contributed by atoms with Crippen molar-refractivity contribution in [3.8, 4) is 0 Å². The van der Waals surface area contributed by atoms with Gasteiger partial charge in [-0.2, -0.15) is 0 Å². The Morgan fingerprint density at radius 1 is 1.04 bits per heavy atom. The van der Waals surface area contributed by atoms with Gasteiger partial charge in [0.25, 0.3) is 5.91 Å². The lowest BCUT2D eigenvalue weighted by Crippen LogP contribution is -2.39. The zero-order chi connectivity index (χ0) is 21.0. The fourth-order valence-electron chi connectivity index (χ4n) is 2.38. The topological polar surface area (TPSA) is 49.4 Å². The molecule has 0 saturated heterocycles. The van der Waals surface area contributed by atoms with E-state index in [-0.39, 0.29) is 23.3 Å². The molecule has 0 radical (unpaired) electrons. The Morgan fingerprint density at radius 3 is 2.36 bits per heavy atom. The number of hydrogen-bond donors (Lipinski definition) is 1. The molecule has 0 unspecified atom stereocenters. The van der Waals surface area contributed by atoms with E-state index in [1.165, 1.54) is 18.2 Å². The number of hydrogen-bond acceptors (Lipinski definition) is 2. The maximum absolute atomic E-state index is 13.9. The van der Waals surface area contributed by atoms with Gasteiger partial charge in [0.2, 0.25) is 5.91 Å². The third-order valence-electron chi connectivity index (χ3n) is 3.65. The Balaban J connectivity index is 2.24. The van der Waals surface area contributed by atoms with Crippen LogP contribution in [-0.2, 0) is 4.79 Å². The molecule has 10 heteroatoms. The summed E-state index contributed by atoms with van der Waals surface area (Å²) in [5.74, 6) is -9.53. The van der Waals surface area contributed by atoms with Gasteiger partial charge in [-0.15, -0.1) is 0 Å². The lowest BCUT2D eigenvalue weighted by Gasteiger charge is -2.22. The van der Waals surface area contributed by atoms with Crippen molar-refractivity contribution >= 4 is 40.7 Å². The number of nitrogens with zero attached hydrogens (tertiary/aromatic N) is 1. The lowest BCUT2D eigenvalue weighted by atomic mass is 10.1. The van der Waals surface area contributed by atoms with Crippen molar-refractivity contribution < 1.29 is 27.2 Å². The van der Waals surface area contributed by atoms with Crippen LogP contribution in [0.2, 0.25) is 10.0 Å². The first-order valence-electron chi connectivity index (χ1n) is 8.02. The monoisotopic (exact) mass is 436 g/mol. The Hall–Kier alpha value is -2.32. The van der Waals surface area contributed by atoms with Gasteiger partial charge >= 0.3 is 0 Å². The summed E-state index contributed by atoms with van der Waals surface area (Å²) in [6.45, 7) is 1.10. The number of benzene rings is 2. The van der Waals surface area contributed by atoms with Gasteiger partial charge < -0.3 is 10.2 Å². The van der Waals surface area contributed by atoms with Crippen molar-refractivity contribution in [2.75, 3.05) is 18.4 Å². The van der Waals surface area contributed by atoms with Gasteiger partial charge in [-0.3, -0.25) is 9.59 Å². The van der Waals surface area contributed by atoms with Crippen molar-refractivity contribution in [1.82, 2.24) is 4.90 Å². The first-order chi connectivity index (χ1) is 13.1. The van der Waals surface area contributed by atoms with E-state index in [2.05, 4.69) is 5.32 Å². The highest BCUT2D eigenvalue weighted by Gasteiger charge is 2.27. The zero-order valence-corrected chi connectivity index (χ0v) is 16.0. The highest BCUT2D eigenvalue weighted by molar-refractivity contribution is 6.35. The van der Waals surface area contributed by atoms with E-state index in [1.54, 1.807) is 6.92 Å². The Labute approximate surface area is 168 Å². The van der Waals surface area contributed by atoms with E-state index in [9.17, 15) is 27.2 Å². The van der Waals surface area contributed by atoms with Crippen molar-refractivity contribution in [3.05, 3.63) is 63.1 Å². The Kier molecular flexibility index (Phi) is 7.26. The molecule has 2 aromatic rings. The van der Waals surface area contributed by atoms with E-state index in [0.717, 1.165) is 4.90 Å². The summed E-state index contributed by atoms with van der Waals surface area (Å²) in [7, 11) is 0. The van der Waals surface area contributed by atoms with E-state index in [0.29, 0.717) is 11.4 Å². The van der Waals surface area contributed by atoms with E-state index >= 15 is 0 Å². The van der Waals surface area contributed by atoms with Crippen molar-refractivity contribution in [2.24, 2.45) is 0 Å². The van der Waals surface area contributed by atoms with E-state index < -0.39 is 47.2 Å². The van der Waals surface area contributed by atoms with Crippen LogP contribution in [-0.4, -0.2) is 29.8 Å². The number of amides is 2.